The van der Waals surface area contributed by atoms with Crippen LogP contribution >= 0.6 is 0 Å². The van der Waals surface area contributed by atoms with Gasteiger partial charge in [-0.1, -0.05) is 36.8 Å². The normalized spacial score (nSPS) is 20.9. The van der Waals surface area contributed by atoms with Gasteiger partial charge in [-0.05, 0) is 38.8 Å². The highest BCUT2D eigenvalue weighted by Crippen LogP contribution is 2.25. The van der Waals surface area contributed by atoms with Crippen LogP contribution in [0.15, 0.2) is 24.3 Å². The van der Waals surface area contributed by atoms with E-state index in [1.165, 1.54) is 11.1 Å². The highest BCUT2D eigenvalue weighted by molar-refractivity contribution is 5.84. The molecule has 0 spiro atoms. The zero-order valence-electron chi connectivity index (χ0n) is 12.1. The summed E-state index contributed by atoms with van der Waals surface area (Å²) >= 11 is 0. The second-order valence-corrected chi connectivity index (χ2v) is 5.41. The molecule has 0 aromatic heterocycles. The maximum atomic E-state index is 12.4. The van der Waals surface area contributed by atoms with Crippen LogP contribution in [0.3, 0.4) is 0 Å². The van der Waals surface area contributed by atoms with Gasteiger partial charge in [0.15, 0.2) is 0 Å². The van der Waals surface area contributed by atoms with Crippen molar-refractivity contribution in [2.24, 2.45) is 0 Å². The number of likely N-dealkylation sites (tertiary alicyclic amines) is 1. The molecule has 104 valence electrons. The Labute approximate surface area is 116 Å². The number of hydrogen-bond acceptors (Lipinski definition) is 2. The highest BCUT2D eigenvalue weighted by Gasteiger charge is 2.34. The maximum absolute atomic E-state index is 12.4. The average Bonchev–Trinajstić information content (AvgIpc) is 2.78. The zero-order valence-corrected chi connectivity index (χ0v) is 12.1. The van der Waals surface area contributed by atoms with E-state index in [1.807, 2.05) is 4.90 Å². The van der Waals surface area contributed by atoms with Crippen LogP contribution in [-0.2, 0) is 4.79 Å². The van der Waals surface area contributed by atoms with Crippen LogP contribution in [0, 0.1) is 6.92 Å². The number of carbonyl (C=O) groups excluding carboxylic acids is 1. The molecule has 1 fully saturated rings. The third kappa shape index (κ3) is 3.16. The van der Waals surface area contributed by atoms with Gasteiger partial charge in [0.2, 0.25) is 5.91 Å². The number of nitrogens with one attached hydrogen (secondary N) is 1. The van der Waals surface area contributed by atoms with Crippen LogP contribution in [0.2, 0.25) is 0 Å². The minimum atomic E-state index is 0.0212. The fourth-order valence-corrected chi connectivity index (χ4v) is 2.62. The van der Waals surface area contributed by atoms with Gasteiger partial charge in [-0.25, -0.2) is 0 Å². The van der Waals surface area contributed by atoms with Gasteiger partial charge in [0.1, 0.15) is 0 Å². The smallest absolute Gasteiger partial charge is 0.240 e. The Kier molecular flexibility index (Phi) is 4.59. The van der Waals surface area contributed by atoms with Crippen molar-refractivity contribution in [1.82, 2.24) is 10.2 Å². The van der Waals surface area contributed by atoms with E-state index >= 15 is 0 Å². The quantitative estimate of drug-likeness (QED) is 0.882. The molecule has 1 N–H and O–H groups in total. The molecule has 0 aliphatic carbocycles. The SMILES string of the molecule is CCCNC1CCN(C(C)c2ccc(C)cc2)C1=O. The molecule has 3 heteroatoms. The Bertz CT molecular complexity index is 427. The first-order chi connectivity index (χ1) is 9.13. The molecule has 19 heavy (non-hydrogen) atoms. The first kappa shape index (κ1) is 14.1. The van der Waals surface area contributed by atoms with Crippen molar-refractivity contribution in [3.8, 4) is 0 Å². The van der Waals surface area contributed by atoms with Crippen LogP contribution in [0.5, 0.6) is 0 Å². The maximum Gasteiger partial charge on any atom is 0.240 e. The fraction of sp³-hybridized carbons (Fsp3) is 0.562. The van der Waals surface area contributed by atoms with Gasteiger partial charge < -0.3 is 10.2 Å². The lowest BCUT2D eigenvalue weighted by Gasteiger charge is -2.25. The van der Waals surface area contributed by atoms with Crippen molar-refractivity contribution < 1.29 is 4.79 Å². The largest absolute Gasteiger partial charge is 0.335 e. The number of rotatable bonds is 5. The Hall–Kier alpha value is -1.35. The van der Waals surface area contributed by atoms with Crippen LogP contribution in [0.25, 0.3) is 0 Å². The number of nitrogens with zero attached hydrogens (tertiary/aromatic N) is 1. The minimum absolute atomic E-state index is 0.0212. The average molecular weight is 260 g/mol. The lowest BCUT2D eigenvalue weighted by Crippen LogP contribution is -2.39. The first-order valence-electron chi connectivity index (χ1n) is 7.24. The molecule has 1 saturated heterocycles. The Morgan fingerprint density at radius 3 is 2.68 bits per heavy atom. The van der Waals surface area contributed by atoms with Gasteiger partial charge in [-0.15, -0.1) is 0 Å². The van der Waals surface area contributed by atoms with E-state index in [4.69, 9.17) is 0 Å². The molecule has 2 rings (SSSR count). The summed E-state index contributed by atoms with van der Waals surface area (Å²) in [7, 11) is 0. The van der Waals surface area contributed by atoms with E-state index in [2.05, 4.69) is 50.4 Å². The number of aryl methyl sites for hydroxylation is 1. The van der Waals surface area contributed by atoms with Crippen LogP contribution in [0.1, 0.15) is 43.9 Å². The van der Waals surface area contributed by atoms with E-state index in [-0.39, 0.29) is 18.0 Å². The van der Waals surface area contributed by atoms with Crippen molar-refractivity contribution in [3.05, 3.63) is 35.4 Å². The van der Waals surface area contributed by atoms with Gasteiger partial charge in [-0.2, -0.15) is 0 Å². The van der Waals surface area contributed by atoms with Gasteiger partial charge in [-0.3, -0.25) is 4.79 Å². The van der Waals surface area contributed by atoms with Crippen molar-refractivity contribution >= 4 is 5.91 Å². The molecule has 1 aliphatic heterocycles. The summed E-state index contributed by atoms with van der Waals surface area (Å²) in [5, 5.41) is 3.34. The highest BCUT2D eigenvalue weighted by atomic mass is 16.2. The van der Waals surface area contributed by atoms with Crippen molar-refractivity contribution in [1.29, 1.82) is 0 Å². The molecule has 0 bridgehead atoms. The summed E-state index contributed by atoms with van der Waals surface area (Å²) in [5.41, 5.74) is 2.47. The Balaban J connectivity index is 2.02. The van der Waals surface area contributed by atoms with E-state index < -0.39 is 0 Å². The van der Waals surface area contributed by atoms with E-state index in [0.29, 0.717) is 0 Å². The first-order valence-corrected chi connectivity index (χ1v) is 7.24. The molecule has 1 aromatic rings. The van der Waals surface area contributed by atoms with Crippen molar-refractivity contribution in [3.63, 3.8) is 0 Å². The van der Waals surface area contributed by atoms with Gasteiger partial charge in [0, 0.05) is 6.54 Å². The molecule has 2 unspecified atom stereocenters. The molecule has 1 heterocycles. The molecule has 3 nitrogen and oxygen atoms in total. The number of amides is 1. The molecule has 2 atom stereocenters. The topological polar surface area (TPSA) is 32.3 Å². The third-order valence-electron chi connectivity index (χ3n) is 3.91. The summed E-state index contributed by atoms with van der Waals surface area (Å²) in [6, 6.07) is 8.66. The lowest BCUT2D eigenvalue weighted by molar-refractivity contribution is -0.131. The zero-order chi connectivity index (χ0) is 13.8. The molecular weight excluding hydrogens is 236 g/mol. The van der Waals surface area contributed by atoms with E-state index in [1.54, 1.807) is 0 Å². The summed E-state index contributed by atoms with van der Waals surface area (Å²) in [5.74, 6) is 0.251. The molecule has 1 aliphatic rings. The molecular formula is C16H24N2O. The van der Waals surface area contributed by atoms with E-state index in [9.17, 15) is 4.79 Å². The van der Waals surface area contributed by atoms with Crippen LogP contribution in [0.4, 0.5) is 0 Å². The molecule has 1 amide bonds. The number of carbonyl (C=O) groups is 1. The van der Waals surface area contributed by atoms with Crippen LogP contribution in [-0.4, -0.2) is 29.9 Å². The fourth-order valence-electron chi connectivity index (χ4n) is 2.62. The summed E-state index contributed by atoms with van der Waals surface area (Å²) in [4.78, 5) is 14.4. The standard InChI is InChI=1S/C16H24N2O/c1-4-10-17-15-9-11-18(16(15)19)13(3)14-7-5-12(2)6-8-14/h5-8,13,15,17H,4,9-11H2,1-3H3. The second kappa shape index (κ2) is 6.20. The van der Waals surface area contributed by atoms with Crippen molar-refractivity contribution in [2.75, 3.05) is 13.1 Å². The summed E-state index contributed by atoms with van der Waals surface area (Å²) < 4.78 is 0. The molecule has 0 radical (unpaired) electrons. The monoisotopic (exact) mass is 260 g/mol. The second-order valence-electron chi connectivity index (χ2n) is 5.41. The van der Waals surface area contributed by atoms with Crippen molar-refractivity contribution in [2.45, 2.75) is 45.7 Å². The number of benzene rings is 1. The summed E-state index contributed by atoms with van der Waals surface area (Å²) in [6.45, 7) is 8.10. The van der Waals surface area contributed by atoms with Crippen LogP contribution < -0.4 is 5.32 Å². The van der Waals surface area contributed by atoms with Gasteiger partial charge in [0.05, 0.1) is 12.1 Å². The number of hydrogen-bond donors (Lipinski definition) is 1. The predicted molar refractivity (Wildman–Crippen MR) is 78.0 cm³/mol. The van der Waals surface area contributed by atoms with E-state index in [0.717, 1.165) is 25.9 Å². The Morgan fingerprint density at radius 1 is 1.37 bits per heavy atom. The lowest BCUT2D eigenvalue weighted by atomic mass is 10.1. The van der Waals surface area contributed by atoms with Gasteiger partial charge in [0.25, 0.3) is 0 Å². The summed E-state index contributed by atoms with van der Waals surface area (Å²) in [6.07, 6.45) is 1.99. The predicted octanol–water partition coefficient (Wildman–Crippen LogP) is 2.66. The Morgan fingerprint density at radius 2 is 2.05 bits per heavy atom. The third-order valence-corrected chi connectivity index (χ3v) is 3.91. The molecule has 0 saturated carbocycles. The molecule has 1 aromatic carbocycles. The van der Waals surface area contributed by atoms with Gasteiger partial charge >= 0.3 is 0 Å². The minimum Gasteiger partial charge on any atom is -0.335 e.